The molecule has 0 bridgehead atoms. The average Bonchev–Trinajstić information content (AvgIpc) is 3.08. The molecular weight excluding hydrogens is 296 g/mol. The number of pyridine rings is 1. The van der Waals surface area contributed by atoms with Gasteiger partial charge in [0.15, 0.2) is 5.16 Å². The van der Waals surface area contributed by atoms with Crippen molar-refractivity contribution in [2.75, 3.05) is 5.75 Å². The van der Waals surface area contributed by atoms with Crippen LogP contribution in [0.25, 0.3) is 11.1 Å². The lowest BCUT2D eigenvalue weighted by atomic mass is 10.0. The van der Waals surface area contributed by atoms with Crippen molar-refractivity contribution in [3.8, 4) is 11.1 Å². The smallest absolute Gasteiger partial charge is 0.183 e. The third-order valence-electron chi connectivity index (χ3n) is 3.13. The van der Waals surface area contributed by atoms with Crippen molar-refractivity contribution in [1.29, 1.82) is 0 Å². The molecule has 0 fully saturated rings. The predicted octanol–water partition coefficient (Wildman–Crippen LogP) is 2.77. The SMILES string of the molecule is O=C(CSc1ncn[nH]1)Cc1ccc(-c2ccncc2)cc1. The summed E-state index contributed by atoms with van der Waals surface area (Å²) >= 11 is 1.37. The summed E-state index contributed by atoms with van der Waals surface area (Å²) in [5.41, 5.74) is 3.25. The van der Waals surface area contributed by atoms with Gasteiger partial charge in [0.05, 0.1) is 5.75 Å². The maximum atomic E-state index is 12.0. The summed E-state index contributed by atoms with van der Waals surface area (Å²) in [6, 6.07) is 12.0. The van der Waals surface area contributed by atoms with Crippen molar-refractivity contribution < 1.29 is 4.79 Å². The molecule has 0 aliphatic heterocycles. The van der Waals surface area contributed by atoms with Gasteiger partial charge < -0.3 is 0 Å². The number of carbonyl (C=O) groups excluding carboxylic acids is 1. The van der Waals surface area contributed by atoms with Crippen LogP contribution in [0.5, 0.6) is 0 Å². The summed E-state index contributed by atoms with van der Waals surface area (Å²) in [6.45, 7) is 0. The molecule has 0 unspecified atom stereocenters. The topological polar surface area (TPSA) is 71.5 Å². The Morgan fingerprint density at radius 3 is 2.45 bits per heavy atom. The highest BCUT2D eigenvalue weighted by molar-refractivity contribution is 7.99. The van der Waals surface area contributed by atoms with Gasteiger partial charge in [-0.2, -0.15) is 5.10 Å². The van der Waals surface area contributed by atoms with Crippen LogP contribution in [0.2, 0.25) is 0 Å². The molecular formula is C16H14N4OS. The number of ketones is 1. The number of thioether (sulfide) groups is 1. The summed E-state index contributed by atoms with van der Waals surface area (Å²) in [5, 5.41) is 7.14. The second-order valence-electron chi connectivity index (χ2n) is 4.73. The number of aromatic amines is 1. The second kappa shape index (κ2) is 7.00. The molecule has 3 aromatic rings. The quantitative estimate of drug-likeness (QED) is 0.709. The fraction of sp³-hybridized carbons (Fsp3) is 0.125. The lowest BCUT2D eigenvalue weighted by Gasteiger charge is -2.04. The van der Waals surface area contributed by atoms with Gasteiger partial charge in [-0.1, -0.05) is 36.0 Å². The van der Waals surface area contributed by atoms with E-state index >= 15 is 0 Å². The van der Waals surface area contributed by atoms with Crippen molar-refractivity contribution in [2.45, 2.75) is 11.6 Å². The Balaban J connectivity index is 1.58. The molecule has 0 saturated heterocycles. The van der Waals surface area contributed by atoms with Crippen molar-refractivity contribution in [2.24, 2.45) is 0 Å². The normalized spacial score (nSPS) is 10.5. The van der Waals surface area contributed by atoms with E-state index in [1.165, 1.54) is 18.1 Å². The number of carbonyl (C=O) groups is 1. The van der Waals surface area contributed by atoms with E-state index in [1.807, 2.05) is 36.4 Å². The minimum atomic E-state index is 0.165. The first-order chi connectivity index (χ1) is 10.8. The Hall–Kier alpha value is -2.47. The lowest BCUT2D eigenvalue weighted by Crippen LogP contribution is -2.05. The lowest BCUT2D eigenvalue weighted by molar-refractivity contribution is -0.116. The van der Waals surface area contributed by atoms with Crippen LogP contribution >= 0.6 is 11.8 Å². The molecule has 2 heterocycles. The summed E-state index contributed by atoms with van der Waals surface area (Å²) in [4.78, 5) is 20.0. The summed E-state index contributed by atoms with van der Waals surface area (Å²) < 4.78 is 0. The third-order valence-corrected chi connectivity index (χ3v) is 4.07. The predicted molar refractivity (Wildman–Crippen MR) is 85.5 cm³/mol. The van der Waals surface area contributed by atoms with E-state index in [0.29, 0.717) is 17.3 Å². The van der Waals surface area contributed by atoms with Gasteiger partial charge >= 0.3 is 0 Å². The van der Waals surface area contributed by atoms with E-state index in [9.17, 15) is 4.79 Å². The second-order valence-corrected chi connectivity index (χ2v) is 5.69. The van der Waals surface area contributed by atoms with Crippen molar-refractivity contribution in [3.63, 3.8) is 0 Å². The van der Waals surface area contributed by atoms with Crippen LogP contribution < -0.4 is 0 Å². The van der Waals surface area contributed by atoms with Gasteiger partial charge in [0.25, 0.3) is 0 Å². The highest BCUT2D eigenvalue weighted by Crippen LogP contribution is 2.19. The monoisotopic (exact) mass is 310 g/mol. The molecule has 0 spiro atoms. The molecule has 0 saturated carbocycles. The molecule has 0 amide bonds. The Morgan fingerprint density at radius 2 is 1.77 bits per heavy atom. The van der Waals surface area contributed by atoms with Gasteiger partial charge in [0, 0.05) is 18.8 Å². The third kappa shape index (κ3) is 3.79. The highest BCUT2D eigenvalue weighted by atomic mass is 32.2. The van der Waals surface area contributed by atoms with E-state index in [1.54, 1.807) is 12.4 Å². The number of benzene rings is 1. The van der Waals surface area contributed by atoms with E-state index in [2.05, 4.69) is 20.2 Å². The number of H-pyrrole nitrogens is 1. The molecule has 22 heavy (non-hydrogen) atoms. The number of nitrogens with one attached hydrogen (secondary N) is 1. The minimum absolute atomic E-state index is 0.165. The van der Waals surface area contributed by atoms with Crippen molar-refractivity contribution in [3.05, 3.63) is 60.7 Å². The van der Waals surface area contributed by atoms with Gasteiger partial charge in [-0.05, 0) is 28.8 Å². The first kappa shape index (κ1) is 14.5. The molecule has 110 valence electrons. The van der Waals surface area contributed by atoms with Crippen LogP contribution in [0.1, 0.15) is 5.56 Å². The zero-order valence-electron chi connectivity index (χ0n) is 11.8. The summed E-state index contributed by atoms with van der Waals surface area (Å²) in [5.74, 6) is 0.555. The van der Waals surface area contributed by atoms with Crippen molar-refractivity contribution >= 4 is 17.5 Å². The number of Topliss-reactive ketones (excluding diaryl/α,β-unsaturated/α-hetero) is 1. The molecule has 0 aliphatic rings. The van der Waals surface area contributed by atoms with E-state index in [-0.39, 0.29) is 5.78 Å². The Kier molecular flexibility index (Phi) is 4.60. The van der Waals surface area contributed by atoms with Crippen LogP contribution in [-0.2, 0) is 11.2 Å². The number of hydrogen-bond donors (Lipinski definition) is 1. The van der Waals surface area contributed by atoms with Gasteiger partial charge in [0.2, 0.25) is 0 Å². The molecule has 1 N–H and O–H groups in total. The zero-order chi connectivity index (χ0) is 15.2. The summed E-state index contributed by atoms with van der Waals surface area (Å²) in [6.07, 6.45) is 5.41. The van der Waals surface area contributed by atoms with Crippen molar-refractivity contribution in [1.82, 2.24) is 20.2 Å². The van der Waals surface area contributed by atoms with Crippen LogP contribution in [0.4, 0.5) is 0 Å². The van der Waals surface area contributed by atoms with Gasteiger partial charge in [-0.15, -0.1) is 0 Å². The van der Waals surface area contributed by atoms with E-state index < -0.39 is 0 Å². The van der Waals surface area contributed by atoms with E-state index in [4.69, 9.17) is 0 Å². The molecule has 0 atom stereocenters. The zero-order valence-corrected chi connectivity index (χ0v) is 12.6. The van der Waals surface area contributed by atoms with E-state index in [0.717, 1.165) is 16.7 Å². The largest absolute Gasteiger partial charge is 0.298 e. The Bertz CT molecular complexity index is 727. The van der Waals surface area contributed by atoms with Gasteiger partial charge in [-0.25, -0.2) is 4.98 Å². The molecule has 2 aromatic heterocycles. The first-order valence-electron chi connectivity index (χ1n) is 6.80. The number of hydrogen-bond acceptors (Lipinski definition) is 5. The summed E-state index contributed by atoms with van der Waals surface area (Å²) in [7, 11) is 0. The Labute approximate surface area is 132 Å². The van der Waals surface area contributed by atoms with Gasteiger partial charge in [-0.3, -0.25) is 14.9 Å². The van der Waals surface area contributed by atoms with Crippen LogP contribution in [0, 0.1) is 0 Å². The highest BCUT2D eigenvalue weighted by Gasteiger charge is 2.07. The van der Waals surface area contributed by atoms with Crippen LogP contribution in [-0.4, -0.2) is 31.7 Å². The number of rotatable bonds is 6. The molecule has 0 radical (unpaired) electrons. The molecule has 3 rings (SSSR count). The molecule has 1 aromatic carbocycles. The first-order valence-corrected chi connectivity index (χ1v) is 7.79. The fourth-order valence-corrected chi connectivity index (χ4v) is 2.69. The molecule has 5 nitrogen and oxygen atoms in total. The number of nitrogens with zero attached hydrogens (tertiary/aromatic N) is 3. The maximum absolute atomic E-state index is 12.0. The molecule has 6 heteroatoms. The fourth-order valence-electron chi connectivity index (χ4n) is 2.05. The standard InChI is InChI=1S/C16H14N4OS/c21-15(10-22-16-18-11-19-20-16)9-12-1-3-13(4-2-12)14-5-7-17-8-6-14/h1-8,11H,9-10H2,(H,18,19,20). The molecule has 0 aliphatic carbocycles. The average molecular weight is 310 g/mol. The minimum Gasteiger partial charge on any atom is -0.298 e. The van der Waals surface area contributed by atoms with Crippen LogP contribution in [0.15, 0.2) is 60.3 Å². The van der Waals surface area contributed by atoms with Gasteiger partial charge in [0.1, 0.15) is 12.1 Å². The maximum Gasteiger partial charge on any atom is 0.183 e. The van der Waals surface area contributed by atoms with Crippen LogP contribution in [0.3, 0.4) is 0 Å². The Morgan fingerprint density at radius 1 is 1.05 bits per heavy atom. The number of aromatic nitrogens is 4.